The molecule has 0 unspecified atom stereocenters. The fourth-order valence-electron chi connectivity index (χ4n) is 3.07. The van der Waals surface area contributed by atoms with Gasteiger partial charge in [-0.3, -0.25) is 0 Å². The monoisotopic (exact) mass is 354 g/mol. The number of likely N-dealkylation sites (tertiary alicyclic amines) is 1. The number of ether oxygens (including phenoxy) is 2. The van der Waals surface area contributed by atoms with Gasteiger partial charge in [-0.25, -0.2) is 4.79 Å². The molecule has 0 bridgehead atoms. The second-order valence-electron chi connectivity index (χ2n) is 7.12. The van der Waals surface area contributed by atoms with Gasteiger partial charge < -0.3 is 19.3 Å². The van der Waals surface area contributed by atoms with Gasteiger partial charge in [0.25, 0.3) is 0 Å². The van der Waals surface area contributed by atoms with Crippen molar-refractivity contribution in [2.45, 2.75) is 45.3 Å². The third kappa shape index (κ3) is 3.83. The number of carbonyl (C=O) groups is 1. The van der Waals surface area contributed by atoms with E-state index >= 15 is 0 Å². The molecule has 0 saturated carbocycles. The van der Waals surface area contributed by atoms with Crippen LogP contribution in [-0.2, 0) is 4.74 Å². The molecule has 7 nitrogen and oxygen atoms in total. The lowest BCUT2D eigenvalue weighted by Crippen LogP contribution is -2.53. The lowest BCUT2D eigenvalue weighted by Gasteiger charge is -2.41. The number of carbonyl (C=O) groups excluding carboxylic acids is 1. The van der Waals surface area contributed by atoms with Gasteiger partial charge in [-0.05, 0) is 33.6 Å². The van der Waals surface area contributed by atoms with Crippen molar-refractivity contribution in [3.63, 3.8) is 0 Å². The smallest absolute Gasteiger partial charge is 0.410 e. The molecule has 24 heavy (non-hydrogen) atoms. The third-order valence-electron chi connectivity index (χ3n) is 4.06. The van der Waals surface area contributed by atoms with Crippen molar-refractivity contribution < 1.29 is 14.3 Å². The first-order chi connectivity index (χ1) is 11.3. The highest BCUT2D eigenvalue weighted by atomic mass is 35.5. The van der Waals surface area contributed by atoms with E-state index in [1.54, 1.807) is 11.0 Å². The molecule has 1 aromatic heterocycles. The van der Waals surface area contributed by atoms with Crippen LogP contribution in [0.2, 0.25) is 5.15 Å². The normalized spacial score (nSPS) is 21.1. The summed E-state index contributed by atoms with van der Waals surface area (Å²) in [5.74, 6) is 1.34. The Morgan fingerprint density at radius 1 is 1.38 bits per heavy atom. The van der Waals surface area contributed by atoms with Crippen molar-refractivity contribution in [1.29, 1.82) is 0 Å². The maximum absolute atomic E-state index is 12.3. The van der Waals surface area contributed by atoms with E-state index < -0.39 is 5.60 Å². The van der Waals surface area contributed by atoms with Gasteiger partial charge in [-0.15, -0.1) is 10.2 Å². The number of aromatic nitrogens is 2. The van der Waals surface area contributed by atoms with Gasteiger partial charge in [0.05, 0.1) is 6.54 Å². The second kappa shape index (κ2) is 6.63. The van der Waals surface area contributed by atoms with Crippen molar-refractivity contribution in [2.75, 3.05) is 31.1 Å². The lowest BCUT2D eigenvalue weighted by molar-refractivity contribution is 0.0196. The molecule has 0 N–H and O–H groups in total. The number of fused-ring (bicyclic) bond motifs is 1. The molecule has 8 heteroatoms. The lowest BCUT2D eigenvalue weighted by atomic mass is 10.0. The van der Waals surface area contributed by atoms with Crippen LogP contribution in [0.4, 0.5) is 10.6 Å². The number of nitrogens with zero attached hydrogens (tertiary/aromatic N) is 4. The summed E-state index contributed by atoms with van der Waals surface area (Å²) in [6.07, 6.45) is 1.66. The summed E-state index contributed by atoms with van der Waals surface area (Å²) in [5.41, 5.74) is -0.488. The Balaban J connectivity index is 1.73. The molecule has 0 aromatic carbocycles. The molecular formula is C16H23ClN4O3. The number of amides is 1. The highest BCUT2D eigenvalue weighted by Gasteiger charge is 2.33. The van der Waals surface area contributed by atoms with Crippen molar-refractivity contribution in [3.05, 3.63) is 11.2 Å². The molecule has 1 atom stereocenters. The van der Waals surface area contributed by atoms with Crippen LogP contribution in [0.5, 0.6) is 5.75 Å². The molecule has 2 aliphatic heterocycles. The Bertz CT molecular complexity index is 620. The topological polar surface area (TPSA) is 67.8 Å². The molecule has 1 fully saturated rings. The fraction of sp³-hybridized carbons (Fsp3) is 0.688. The van der Waals surface area contributed by atoms with Crippen LogP contribution in [0.25, 0.3) is 0 Å². The van der Waals surface area contributed by atoms with Crippen molar-refractivity contribution >= 4 is 23.5 Å². The maximum atomic E-state index is 12.3. The van der Waals surface area contributed by atoms with Crippen LogP contribution in [0.3, 0.4) is 0 Å². The van der Waals surface area contributed by atoms with E-state index in [4.69, 9.17) is 21.1 Å². The van der Waals surface area contributed by atoms with Gasteiger partial charge >= 0.3 is 6.09 Å². The summed E-state index contributed by atoms with van der Waals surface area (Å²) in [6.45, 7) is 8.25. The van der Waals surface area contributed by atoms with Crippen LogP contribution in [0.1, 0.15) is 33.6 Å². The van der Waals surface area contributed by atoms with Crippen molar-refractivity contribution in [3.8, 4) is 5.75 Å². The van der Waals surface area contributed by atoms with E-state index in [1.807, 2.05) is 20.8 Å². The predicted molar refractivity (Wildman–Crippen MR) is 90.7 cm³/mol. The largest absolute Gasteiger partial charge is 0.488 e. The minimum atomic E-state index is -0.488. The average Bonchev–Trinajstić information content (AvgIpc) is 2.52. The standard InChI is InChI=1S/C16H23ClN4O3/c1-16(2,3)24-15(22)20-6-4-5-11(10-20)21-7-8-23-12-9-13(17)18-19-14(12)21/h9,11H,4-8,10H2,1-3H3/t11-/m1/s1. The molecule has 132 valence electrons. The molecule has 1 saturated heterocycles. The summed E-state index contributed by atoms with van der Waals surface area (Å²) >= 11 is 5.89. The highest BCUT2D eigenvalue weighted by molar-refractivity contribution is 6.29. The third-order valence-corrected chi connectivity index (χ3v) is 4.25. The van der Waals surface area contributed by atoms with Gasteiger partial charge in [0.1, 0.15) is 12.2 Å². The van der Waals surface area contributed by atoms with E-state index in [1.165, 1.54) is 0 Å². The first-order valence-corrected chi connectivity index (χ1v) is 8.62. The Kier molecular flexibility index (Phi) is 4.71. The van der Waals surface area contributed by atoms with E-state index in [0.29, 0.717) is 29.9 Å². The zero-order valence-electron chi connectivity index (χ0n) is 14.3. The molecule has 1 aromatic rings. The minimum Gasteiger partial charge on any atom is -0.488 e. The van der Waals surface area contributed by atoms with Gasteiger partial charge in [0.2, 0.25) is 0 Å². The predicted octanol–water partition coefficient (Wildman–Crippen LogP) is 2.73. The minimum absolute atomic E-state index is 0.171. The van der Waals surface area contributed by atoms with Crippen LogP contribution < -0.4 is 9.64 Å². The highest BCUT2D eigenvalue weighted by Crippen LogP contribution is 2.33. The first kappa shape index (κ1) is 17.1. The number of hydrogen-bond acceptors (Lipinski definition) is 6. The molecule has 1 amide bonds. The van der Waals surface area contributed by atoms with Crippen LogP contribution >= 0.6 is 11.6 Å². The molecule has 2 aliphatic rings. The Morgan fingerprint density at radius 3 is 2.92 bits per heavy atom. The Labute approximate surface area is 146 Å². The number of hydrogen-bond donors (Lipinski definition) is 0. The second-order valence-corrected chi connectivity index (χ2v) is 7.51. The molecule has 0 spiro atoms. The van der Waals surface area contributed by atoms with Gasteiger partial charge in [0, 0.05) is 25.2 Å². The quantitative estimate of drug-likeness (QED) is 0.772. The summed E-state index contributed by atoms with van der Waals surface area (Å²) in [7, 11) is 0. The summed E-state index contributed by atoms with van der Waals surface area (Å²) in [5, 5.41) is 8.43. The molecule has 3 rings (SSSR count). The maximum Gasteiger partial charge on any atom is 0.410 e. The Hall–Kier alpha value is -1.76. The summed E-state index contributed by atoms with van der Waals surface area (Å²) in [4.78, 5) is 16.3. The number of rotatable bonds is 1. The summed E-state index contributed by atoms with van der Waals surface area (Å²) in [6, 6.07) is 1.86. The van der Waals surface area contributed by atoms with Crippen LogP contribution in [0.15, 0.2) is 6.07 Å². The summed E-state index contributed by atoms with van der Waals surface area (Å²) < 4.78 is 11.1. The average molecular weight is 355 g/mol. The number of halogens is 1. The molecule has 0 radical (unpaired) electrons. The van der Waals surface area contributed by atoms with Crippen LogP contribution in [-0.4, -0.2) is 59.1 Å². The molecular weight excluding hydrogens is 332 g/mol. The van der Waals surface area contributed by atoms with Gasteiger partial charge in [0.15, 0.2) is 16.7 Å². The van der Waals surface area contributed by atoms with E-state index in [0.717, 1.165) is 25.9 Å². The van der Waals surface area contributed by atoms with Gasteiger partial charge in [-0.2, -0.15) is 0 Å². The van der Waals surface area contributed by atoms with Gasteiger partial charge in [-0.1, -0.05) is 11.6 Å². The van der Waals surface area contributed by atoms with E-state index in [2.05, 4.69) is 15.1 Å². The zero-order chi connectivity index (χ0) is 17.3. The molecule has 0 aliphatic carbocycles. The zero-order valence-corrected chi connectivity index (χ0v) is 15.0. The van der Waals surface area contributed by atoms with Crippen LogP contribution in [0, 0.1) is 0 Å². The van der Waals surface area contributed by atoms with E-state index in [9.17, 15) is 4.79 Å². The fourth-order valence-corrected chi connectivity index (χ4v) is 3.20. The SMILES string of the molecule is CC(C)(C)OC(=O)N1CCC[C@@H](N2CCOc3cc(Cl)nnc32)C1. The Morgan fingerprint density at radius 2 is 2.17 bits per heavy atom. The van der Waals surface area contributed by atoms with Crippen molar-refractivity contribution in [1.82, 2.24) is 15.1 Å². The number of anilines is 1. The van der Waals surface area contributed by atoms with Crippen molar-refractivity contribution in [2.24, 2.45) is 0 Å². The number of piperidine rings is 1. The molecule has 3 heterocycles. The first-order valence-electron chi connectivity index (χ1n) is 8.24. The van der Waals surface area contributed by atoms with E-state index in [-0.39, 0.29) is 12.1 Å².